The summed E-state index contributed by atoms with van der Waals surface area (Å²) in [6.07, 6.45) is 5.53. The molecule has 2 N–H and O–H groups in total. The van der Waals surface area contributed by atoms with Crippen LogP contribution in [-0.2, 0) is 0 Å². The number of oxazole rings is 1. The zero-order chi connectivity index (χ0) is 16.2. The minimum absolute atomic E-state index is 0.128. The molecule has 8 heteroatoms. The molecule has 1 aliphatic rings. The van der Waals surface area contributed by atoms with Crippen LogP contribution in [0.2, 0.25) is 0 Å². The van der Waals surface area contributed by atoms with Crippen molar-refractivity contribution in [3.05, 3.63) is 36.3 Å². The van der Waals surface area contributed by atoms with Gasteiger partial charge in [-0.25, -0.2) is 15.0 Å². The maximum atomic E-state index is 12.5. The van der Waals surface area contributed by atoms with Crippen molar-refractivity contribution in [3.8, 4) is 0 Å². The lowest BCUT2D eigenvalue weighted by Crippen LogP contribution is -2.49. The number of amides is 1. The second kappa shape index (κ2) is 6.74. The van der Waals surface area contributed by atoms with Gasteiger partial charge in [0.05, 0.1) is 6.04 Å². The largest absolute Gasteiger partial charge is 0.446 e. The standard InChI is InChI=1S/C15H20N6O2/c1-2-11(16)13-19-12(10-23-13)14(22)20-6-8-21(9-7-20)15-17-4-3-5-18-15/h3-5,10-11H,2,6-9,16H2,1H3. The summed E-state index contributed by atoms with van der Waals surface area (Å²) in [5.74, 6) is 0.973. The fraction of sp³-hybridized carbons (Fsp3) is 0.467. The zero-order valence-electron chi connectivity index (χ0n) is 13.1. The van der Waals surface area contributed by atoms with E-state index in [1.807, 2.05) is 6.92 Å². The number of carbonyl (C=O) groups excluding carboxylic acids is 1. The van der Waals surface area contributed by atoms with Crippen LogP contribution in [0.25, 0.3) is 0 Å². The Morgan fingerprint density at radius 3 is 2.65 bits per heavy atom. The topological polar surface area (TPSA) is 101 Å². The second-order valence-electron chi connectivity index (χ2n) is 5.41. The number of carbonyl (C=O) groups is 1. The third kappa shape index (κ3) is 3.31. The van der Waals surface area contributed by atoms with E-state index in [1.54, 1.807) is 23.4 Å². The summed E-state index contributed by atoms with van der Waals surface area (Å²) in [5, 5.41) is 0. The molecule has 2 aromatic rings. The number of nitrogens with zero attached hydrogens (tertiary/aromatic N) is 5. The Morgan fingerprint density at radius 2 is 2.00 bits per heavy atom. The van der Waals surface area contributed by atoms with Gasteiger partial charge in [-0.3, -0.25) is 4.79 Å². The highest BCUT2D eigenvalue weighted by Crippen LogP contribution is 2.16. The van der Waals surface area contributed by atoms with Gasteiger partial charge in [-0.1, -0.05) is 6.92 Å². The van der Waals surface area contributed by atoms with Gasteiger partial charge in [-0.2, -0.15) is 0 Å². The van der Waals surface area contributed by atoms with Gasteiger partial charge in [0.25, 0.3) is 5.91 Å². The summed E-state index contributed by atoms with van der Waals surface area (Å²) in [7, 11) is 0. The molecular weight excluding hydrogens is 296 g/mol. The van der Waals surface area contributed by atoms with Gasteiger partial charge in [-0.15, -0.1) is 0 Å². The lowest BCUT2D eigenvalue weighted by atomic mass is 10.2. The maximum absolute atomic E-state index is 12.5. The lowest BCUT2D eigenvalue weighted by Gasteiger charge is -2.34. The highest BCUT2D eigenvalue weighted by atomic mass is 16.3. The first-order valence-electron chi connectivity index (χ1n) is 7.71. The Bertz CT molecular complexity index is 651. The van der Waals surface area contributed by atoms with E-state index in [0.717, 1.165) is 0 Å². The van der Waals surface area contributed by atoms with Crippen molar-refractivity contribution in [1.29, 1.82) is 0 Å². The van der Waals surface area contributed by atoms with Gasteiger partial charge in [-0.05, 0) is 12.5 Å². The third-order valence-electron chi connectivity index (χ3n) is 3.90. The summed E-state index contributed by atoms with van der Waals surface area (Å²) in [6, 6.07) is 1.51. The normalized spacial score (nSPS) is 16.4. The number of anilines is 1. The molecule has 1 unspecified atom stereocenters. The second-order valence-corrected chi connectivity index (χ2v) is 5.41. The molecule has 1 aliphatic heterocycles. The molecule has 3 heterocycles. The van der Waals surface area contributed by atoms with E-state index in [4.69, 9.17) is 10.2 Å². The van der Waals surface area contributed by atoms with Gasteiger partial charge in [0, 0.05) is 38.6 Å². The van der Waals surface area contributed by atoms with Gasteiger partial charge >= 0.3 is 0 Å². The van der Waals surface area contributed by atoms with Crippen molar-refractivity contribution in [2.45, 2.75) is 19.4 Å². The average molecular weight is 316 g/mol. The van der Waals surface area contributed by atoms with Crippen LogP contribution in [0.3, 0.4) is 0 Å². The van der Waals surface area contributed by atoms with Crippen molar-refractivity contribution < 1.29 is 9.21 Å². The molecule has 0 saturated carbocycles. The lowest BCUT2D eigenvalue weighted by molar-refractivity contribution is 0.0740. The Kier molecular flexibility index (Phi) is 4.52. The minimum atomic E-state index is -0.274. The van der Waals surface area contributed by atoms with E-state index >= 15 is 0 Å². The van der Waals surface area contributed by atoms with E-state index in [0.29, 0.717) is 50.1 Å². The SMILES string of the molecule is CCC(N)c1nc(C(=O)N2CCN(c3ncccn3)CC2)co1. The number of rotatable bonds is 4. The summed E-state index contributed by atoms with van der Waals surface area (Å²) < 4.78 is 5.31. The molecule has 0 radical (unpaired) electrons. The van der Waals surface area contributed by atoms with Crippen LogP contribution in [0.1, 0.15) is 35.8 Å². The van der Waals surface area contributed by atoms with Crippen molar-refractivity contribution in [2.24, 2.45) is 5.73 Å². The molecule has 0 spiro atoms. The Hall–Kier alpha value is -2.48. The van der Waals surface area contributed by atoms with Crippen LogP contribution in [0.5, 0.6) is 0 Å². The van der Waals surface area contributed by atoms with Crippen LogP contribution in [0, 0.1) is 0 Å². The van der Waals surface area contributed by atoms with Crippen LogP contribution in [0.4, 0.5) is 5.95 Å². The van der Waals surface area contributed by atoms with Crippen molar-refractivity contribution in [3.63, 3.8) is 0 Å². The highest BCUT2D eigenvalue weighted by molar-refractivity contribution is 5.92. The number of nitrogens with two attached hydrogens (primary N) is 1. The molecule has 0 aliphatic carbocycles. The molecule has 8 nitrogen and oxygen atoms in total. The molecule has 122 valence electrons. The first-order valence-corrected chi connectivity index (χ1v) is 7.71. The number of aromatic nitrogens is 3. The van der Waals surface area contributed by atoms with Crippen LogP contribution < -0.4 is 10.6 Å². The molecule has 0 bridgehead atoms. The van der Waals surface area contributed by atoms with E-state index < -0.39 is 0 Å². The molecule has 1 amide bonds. The predicted molar refractivity (Wildman–Crippen MR) is 83.9 cm³/mol. The van der Waals surface area contributed by atoms with Gasteiger partial charge in [0.15, 0.2) is 5.69 Å². The quantitative estimate of drug-likeness (QED) is 0.891. The van der Waals surface area contributed by atoms with E-state index in [1.165, 1.54) is 6.26 Å². The minimum Gasteiger partial charge on any atom is -0.446 e. The summed E-state index contributed by atoms with van der Waals surface area (Å²) in [4.78, 5) is 29.0. The van der Waals surface area contributed by atoms with E-state index in [9.17, 15) is 4.79 Å². The fourth-order valence-electron chi connectivity index (χ4n) is 2.46. The van der Waals surface area contributed by atoms with Gasteiger partial charge < -0.3 is 20.0 Å². The van der Waals surface area contributed by atoms with Gasteiger partial charge in [0.1, 0.15) is 6.26 Å². The Labute approximate surface area is 134 Å². The summed E-state index contributed by atoms with van der Waals surface area (Å²) >= 11 is 0. The maximum Gasteiger partial charge on any atom is 0.275 e. The molecule has 1 atom stereocenters. The third-order valence-corrected chi connectivity index (χ3v) is 3.90. The molecular formula is C15H20N6O2. The number of hydrogen-bond donors (Lipinski definition) is 1. The van der Waals surface area contributed by atoms with Crippen LogP contribution in [0.15, 0.2) is 29.1 Å². The zero-order valence-corrected chi connectivity index (χ0v) is 13.1. The number of piperazine rings is 1. The van der Waals surface area contributed by atoms with Crippen LogP contribution >= 0.6 is 0 Å². The molecule has 3 rings (SSSR count). The Morgan fingerprint density at radius 1 is 1.30 bits per heavy atom. The summed E-state index contributed by atoms with van der Waals surface area (Å²) in [6.45, 7) is 4.52. The predicted octanol–water partition coefficient (Wildman–Crippen LogP) is 0.837. The molecule has 1 saturated heterocycles. The van der Waals surface area contributed by atoms with Crippen molar-refractivity contribution in [2.75, 3.05) is 31.1 Å². The van der Waals surface area contributed by atoms with Crippen LogP contribution in [-0.4, -0.2) is 51.9 Å². The molecule has 23 heavy (non-hydrogen) atoms. The molecule has 0 aromatic carbocycles. The monoisotopic (exact) mass is 316 g/mol. The van der Waals surface area contributed by atoms with Gasteiger partial charge in [0.2, 0.25) is 11.8 Å². The van der Waals surface area contributed by atoms with Crippen molar-refractivity contribution in [1.82, 2.24) is 19.9 Å². The van der Waals surface area contributed by atoms with E-state index in [-0.39, 0.29) is 11.9 Å². The van der Waals surface area contributed by atoms with E-state index in [2.05, 4.69) is 19.9 Å². The first kappa shape index (κ1) is 15.4. The summed E-state index contributed by atoms with van der Waals surface area (Å²) in [5.41, 5.74) is 6.18. The first-order chi connectivity index (χ1) is 11.2. The number of hydrogen-bond acceptors (Lipinski definition) is 7. The molecule has 1 fully saturated rings. The molecule has 2 aromatic heterocycles. The fourth-order valence-corrected chi connectivity index (χ4v) is 2.46. The highest BCUT2D eigenvalue weighted by Gasteiger charge is 2.25. The van der Waals surface area contributed by atoms with Crippen molar-refractivity contribution >= 4 is 11.9 Å². The average Bonchev–Trinajstić information content (AvgIpc) is 3.11. The Balaban J connectivity index is 1.61. The smallest absolute Gasteiger partial charge is 0.275 e.